The number of aromatic nitrogens is 1. The van der Waals surface area contributed by atoms with Crippen LogP contribution in [-0.4, -0.2) is 25.9 Å². The monoisotopic (exact) mass is 745 g/mol. The molecule has 0 bridgehead atoms. The number of rotatable bonds is 9. The number of oxazole rings is 1. The van der Waals surface area contributed by atoms with Gasteiger partial charge < -0.3 is 14.1 Å². The molecular formula is C41H33N2O8S2+. The molecule has 0 radical (unpaired) electrons. The minimum Gasteiger partial charge on any atom is -0.439 e. The van der Waals surface area contributed by atoms with Crippen molar-refractivity contribution >= 4 is 64.6 Å². The fourth-order valence-corrected chi connectivity index (χ4v) is 8.22. The Morgan fingerprint density at radius 3 is 1.91 bits per heavy atom. The Hall–Kier alpha value is -5.79. The van der Waals surface area contributed by atoms with Gasteiger partial charge in [0.1, 0.15) is 4.90 Å². The maximum atomic E-state index is 12.4. The van der Waals surface area contributed by atoms with Crippen LogP contribution in [0.2, 0.25) is 0 Å². The second-order valence-electron chi connectivity index (χ2n) is 12.8. The summed E-state index contributed by atoms with van der Waals surface area (Å²) in [6.45, 7) is 2.13. The van der Waals surface area contributed by atoms with Crippen molar-refractivity contribution in [2.45, 2.75) is 36.2 Å². The van der Waals surface area contributed by atoms with Crippen LogP contribution in [0.1, 0.15) is 30.4 Å². The Bertz CT molecular complexity index is 2880. The van der Waals surface area contributed by atoms with Gasteiger partial charge >= 0.3 is 5.89 Å². The van der Waals surface area contributed by atoms with Gasteiger partial charge in [-0.25, -0.2) is 0 Å². The van der Waals surface area contributed by atoms with Gasteiger partial charge in [0.15, 0.2) is 12.3 Å². The number of nitrogens with zero attached hydrogens (tertiary/aromatic N) is 2. The molecule has 0 aliphatic carbocycles. The average molecular weight is 746 g/mol. The number of anilines is 1. The molecule has 0 saturated heterocycles. The number of benzene rings is 6. The summed E-state index contributed by atoms with van der Waals surface area (Å²) < 4.78 is 84.4. The van der Waals surface area contributed by atoms with Crippen LogP contribution in [0.25, 0.3) is 38.7 Å². The number of hydrogen-bond acceptors (Lipinski definition) is 7. The Kier molecular flexibility index (Phi) is 8.62. The molecule has 6 aromatic carbocycles. The normalized spacial score (nSPS) is 14.4. The zero-order valence-electron chi connectivity index (χ0n) is 28.4. The van der Waals surface area contributed by atoms with E-state index in [-0.39, 0.29) is 22.9 Å². The Morgan fingerprint density at radius 1 is 0.717 bits per heavy atom. The summed E-state index contributed by atoms with van der Waals surface area (Å²) in [7, 11) is -9.02. The van der Waals surface area contributed by atoms with Crippen LogP contribution in [0.4, 0.5) is 5.69 Å². The van der Waals surface area contributed by atoms with Gasteiger partial charge in [-0.3, -0.25) is 9.11 Å². The van der Waals surface area contributed by atoms with Crippen molar-refractivity contribution in [3.63, 3.8) is 0 Å². The van der Waals surface area contributed by atoms with Gasteiger partial charge in [-0.05, 0) is 69.4 Å². The highest BCUT2D eigenvalue weighted by Gasteiger charge is 2.30. The molecule has 0 fully saturated rings. The van der Waals surface area contributed by atoms with Crippen molar-refractivity contribution in [1.29, 1.82) is 0 Å². The molecule has 1 aliphatic heterocycles. The lowest BCUT2D eigenvalue weighted by molar-refractivity contribution is -0.669. The second kappa shape index (κ2) is 13.3. The van der Waals surface area contributed by atoms with Crippen LogP contribution >= 0.6 is 0 Å². The van der Waals surface area contributed by atoms with E-state index in [1.165, 1.54) is 12.1 Å². The SMILES string of the molecule is CCC(=Cc1oc2cc3ccccc3cc2[n+]1Cc1ccccc1S(=O)(=O)O)C=C1Oc2cc3ccccc3cc2N1Cc1ccccc1S(=O)(=O)O. The van der Waals surface area contributed by atoms with E-state index in [4.69, 9.17) is 9.15 Å². The lowest BCUT2D eigenvalue weighted by Crippen LogP contribution is -2.36. The van der Waals surface area contributed by atoms with Crippen LogP contribution in [-0.2, 0) is 33.3 Å². The van der Waals surface area contributed by atoms with E-state index in [9.17, 15) is 25.9 Å². The largest absolute Gasteiger partial charge is 0.439 e. The van der Waals surface area contributed by atoms with Crippen LogP contribution in [0.15, 0.2) is 153 Å². The molecular weight excluding hydrogens is 713 g/mol. The van der Waals surface area contributed by atoms with E-state index in [0.29, 0.717) is 40.7 Å². The average Bonchev–Trinajstić information content (AvgIpc) is 3.63. The standard InChI is InChI=1S/C41H32N2O8S2/c1-2-27(19-40-42(25-32-15-7-9-17-38(32)52(44,45)46)34-21-28-11-3-5-13-30(28)23-36(34)50-40)20-41-43(26-33-16-8-10-18-39(33)53(47,48)49)35-22-29-12-4-6-14-31(29)24-37(35)51-41/h3-24H,2,25-26H2,1H3,(H-,44,45,46,47,48,49)/p+1. The molecule has 12 heteroatoms. The maximum Gasteiger partial charge on any atom is 0.374 e. The first-order valence-electron chi connectivity index (χ1n) is 16.8. The van der Waals surface area contributed by atoms with Gasteiger partial charge in [0, 0.05) is 17.7 Å². The number of ether oxygens (including phenoxy) is 1. The first kappa shape index (κ1) is 34.3. The molecule has 0 spiro atoms. The second-order valence-corrected chi connectivity index (χ2v) is 15.5. The molecule has 10 nitrogen and oxygen atoms in total. The van der Waals surface area contributed by atoms with Crippen LogP contribution in [0, 0.1) is 0 Å². The van der Waals surface area contributed by atoms with E-state index < -0.39 is 20.2 Å². The summed E-state index contributed by atoms with van der Waals surface area (Å²) in [5, 5.41) is 3.88. The summed E-state index contributed by atoms with van der Waals surface area (Å²) in [4.78, 5) is 1.48. The molecule has 0 unspecified atom stereocenters. The van der Waals surface area contributed by atoms with E-state index in [0.717, 1.165) is 38.3 Å². The quantitative estimate of drug-likeness (QED) is 0.110. The molecule has 7 aromatic rings. The summed E-state index contributed by atoms with van der Waals surface area (Å²) in [6, 6.07) is 36.2. The Labute approximate surface area is 306 Å². The van der Waals surface area contributed by atoms with Gasteiger partial charge in [0.05, 0.1) is 23.2 Å². The molecule has 1 aliphatic rings. The molecule has 8 rings (SSSR count). The van der Waals surface area contributed by atoms with E-state index in [2.05, 4.69) is 0 Å². The third kappa shape index (κ3) is 6.69. The van der Waals surface area contributed by atoms with Crippen LogP contribution in [0.5, 0.6) is 5.75 Å². The first-order valence-corrected chi connectivity index (χ1v) is 19.7. The maximum absolute atomic E-state index is 12.4. The van der Waals surface area contributed by atoms with Gasteiger partial charge in [-0.1, -0.05) is 91.9 Å². The molecule has 2 heterocycles. The van der Waals surface area contributed by atoms with Crippen molar-refractivity contribution in [3.05, 3.63) is 156 Å². The van der Waals surface area contributed by atoms with Gasteiger partial charge in [0.25, 0.3) is 25.8 Å². The van der Waals surface area contributed by atoms with E-state index in [1.807, 2.05) is 101 Å². The molecule has 1 aromatic heterocycles. The predicted molar refractivity (Wildman–Crippen MR) is 203 cm³/mol. The van der Waals surface area contributed by atoms with Gasteiger partial charge in [-0.2, -0.15) is 21.4 Å². The third-order valence-electron chi connectivity index (χ3n) is 9.38. The van der Waals surface area contributed by atoms with Crippen molar-refractivity contribution in [1.82, 2.24) is 0 Å². The minimum atomic E-state index is -4.51. The zero-order chi connectivity index (χ0) is 36.9. The number of fused-ring (bicyclic) bond motifs is 4. The fourth-order valence-electron chi connectivity index (χ4n) is 6.79. The highest BCUT2D eigenvalue weighted by atomic mass is 32.2. The van der Waals surface area contributed by atoms with Crippen molar-refractivity contribution in [2.24, 2.45) is 0 Å². The van der Waals surface area contributed by atoms with Gasteiger partial charge in [-0.15, -0.1) is 0 Å². The van der Waals surface area contributed by atoms with Crippen LogP contribution in [0.3, 0.4) is 0 Å². The molecule has 53 heavy (non-hydrogen) atoms. The first-order chi connectivity index (χ1) is 25.5. The smallest absolute Gasteiger partial charge is 0.374 e. The highest BCUT2D eigenvalue weighted by Crippen LogP contribution is 2.43. The summed E-state index contributed by atoms with van der Waals surface area (Å²) in [5.74, 6) is 1.44. The topological polar surface area (TPSA) is 138 Å². The predicted octanol–water partition coefficient (Wildman–Crippen LogP) is 8.30. The summed E-state index contributed by atoms with van der Waals surface area (Å²) in [6.07, 6.45) is 4.25. The molecule has 0 saturated carbocycles. The number of hydrogen-bond donors (Lipinski definition) is 2. The molecule has 0 atom stereocenters. The molecule has 266 valence electrons. The van der Waals surface area contributed by atoms with Gasteiger partial charge in [0.2, 0.25) is 11.5 Å². The zero-order valence-corrected chi connectivity index (χ0v) is 30.0. The molecule has 0 amide bonds. The Morgan fingerprint density at radius 2 is 1.26 bits per heavy atom. The fraction of sp³-hybridized carbons (Fsp3) is 0.0976. The number of allylic oxidation sites excluding steroid dienone is 2. The lowest BCUT2D eigenvalue weighted by Gasteiger charge is -2.20. The summed E-state index contributed by atoms with van der Waals surface area (Å²) in [5.41, 5.74) is 3.58. The highest BCUT2D eigenvalue weighted by molar-refractivity contribution is 7.86. The van der Waals surface area contributed by atoms with Crippen LogP contribution < -0.4 is 14.2 Å². The Balaban J connectivity index is 1.28. The lowest BCUT2D eigenvalue weighted by atomic mass is 10.1. The van der Waals surface area contributed by atoms with Crippen molar-refractivity contribution in [2.75, 3.05) is 4.90 Å². The third-order valence-corrected chi connectivity index (χ3v) is 11.3. The van der Waals surface area contributed by atoms with Crippen molar-refractivity contribution < 1.29 is 39.7 Å². The summed E-state index contributed by atoms with van der Waals surface area (Å²) >= 11 is 0. The van der Waals surface area contributed by atoms with Crippen molar-refractivity contribution in [3.8, 4) is 5.75 Å². The van der Waals surface area contributed by atoms with E-state index in [1.54, 1.807) is 36.4 Å². The minimum absolute atomic E-state index is 0.0772. The molecule has 2 N–H and O–H groups in total. The van der Waals surface area contributed by atoms with E-state index >= 15 is 0 Å².